The van der Waals surface area contributed by atoms with Crippen LogP contribution < -0.4 is 5.73 Å². The van der Waals surface area contributed by atoms with E-state index in [4.69, 9.17) is 17.3 Å². The van der Waals surface area contributed by atoms with Gasteiger partial charge in [0, 0.05) is 9.50 Å². The zero-order valence-electron chi connectivity index (χ0n) is 10.2. The van der Waals surface area contributed by atoms with Crippen molar-refractivity contribution in [2.75, 3.05) is 0 Å². The van der Waals surface area contributed by atoms with E-state index in [1.165, 1.54) is 0 Å². The van der Waals surface area contributed by atoms with Gasteiger partial charge in [0.1, 0.15) is 0 Å². The van der Waals surface area contributed by atoms with Gasteiger partial charge in [-0.3, -0.25) is 0 Å². The number of nitrogens with zero attached hydrogens (tertiary/aromatic N) is 3. The molecule has 0 aliphatic heterocycles. The Hall–Kier alpha value is -0.910. The highest BCUT2D eigenvalue weighted by atomic mass is 79.9. The number of hydrogen-bond acceptors (Lipinski definition) is 3. The van der Waals surface area contributed by atoms with E-state index >= 15 is 0 Å². The molecule has 0 radical (unpaired) electrons. The first-order chi connectivity index (χ1) is 8.52. The molecule has 0 saturated carbocycles. The van der Waals surface area contributed by atoms with Crippen molar-refractivity contribution in [3.05, 3.63) is 39.1 Å². The van der Waals surface area contributed by atoms with E-state index in [0.717, 1.165) is 27.8 Å². The van der Waals surface area contributed by atoms with Gasteiger partial charge >= 0.3 is 0 Å². The van der Waals surface area contributed by atoms with Gasteiger partial charge in [0.15, 0.2) is 0 Å². The summed E-state index contributed by atoms with van der Waals surface area (Å²) in [6.07, 6.45) is 2.66. The van der Waals surface area contributed by atoms with E-state index < -0.39 is 0 Å². The SMILES string of the molecule is CCC(N)c1cn(-c2cc(Cl)c(C)cc2Br)nn1. The van der Waals surface area contributed by atoms with Crippen LogP contribution in [0.15, 0.2) is 22.8 Å². The molecule has 0 aliphatic carbocycles. The van der Waals surface area contributed by atoms with Crippen LogP contribution in [0.2, 0.25) is 5.02 Å². The lowest BCUT2D eigenvalue weighted by molar-refractivity contribution is 0.670. The molecule has 0 saturated heterocycles. The molecule has 0 aliphatic rings. The molecule has 0 bridgehead atoms. The summed E-state index contributed by atoms with van der Waals surface area (Å²) in [4.78, 5) is 0. The summed E-state index contributed by atoms with van der Waals surface area (Å²) in [5, 5.41) is 8.86. The van der Waals surface area contributed by atoms with E-state index in [1.54, 1.807) is 4.68 Å². The lowest BCUT2D eigenvalue weighted by Gasteiger charge is -2.07. The molecule has 4 nitrogen and oxygen atoms in total. The molecule has 6 heteroatoms. The molecule has 1 unspecified atom stereocenters. The molecule has 0 spiro atoms. The molecule has 1 heterocycles. The molecular formula is C12H14BrClN4. The predicted octanol–water partition coefficient (Wildman–Crippen LogP) is 3.40. The summed E-state index contributed by atoms with van der Waals surface area (Å²) in [6.45, 7) is 3.97. The van der Waals surface area contributed by atoms with Crippen LogP contribution in [-0.2, 0) is 0 Å². The van der Waals surface area contributed by atoms with Gasteiger partial charge in [-0.25, -0.2) is 4.68 Å². The summed E-state index contributed by atoms with van der Waals surface area (Å²) in [6, 6.07) is 3.73. The lowest BCUT2D eigenvalue weighted by Crippen LogP contribution is -2.08. The first kappa shape index (κ1) is 13.5. The van der Waals surface area contributed by atoms with Crippen molar-refractivity contribution >= 4 is 27.5 Å². The van der Waals surface area contributed by atoms with Gasteiger partial charge in [0.25, 0.3) is 0 Å². The number of nitrogens with two attached hydrogens (primary N) is 1. The van der Waals surface area contributed by atoms with Gasteiger partial charge in [-0.1, -0.05) is 23.7 Å². The van der Waals surface area contributed by atoms with Crippen molar-refractivity contribution in [2.45, 2.75) is 26.3 Å². The molecule has 0 amide bonds. The minimum absolute atomic E-state index is 0.0848. The van der Waals surface area contributed by atoms with E-state index in [0.29, 0.717) is 5.02 Å². The van der Waals surface area contributed by atoms with Crippen molar-refractivity contribution in [1.29, 1.82) is 0 Å². The van der Waals surface area contributed by atoms with E-state index in [1.807, 2.05) is 32.2 Å². The van der Waals surface area contributed by atoms with Crippen molar-refractivity contribution < 1.29 is 0 Å². The second-order valence-corrected chi connectivity index (χ2v) is 5.42. The van der Waals surface area contributed by atoms with Crippen LogP contribution in [0.3, 0.4) is 0 Å². The third-order valence-electron chi connectivity index (χ3n) is 2.81. The van der Waals surface area contributed by atoms with E-state index in [2.05, 4.69) is 26.2 Å². The molecule has 1 aromatic heterocycles. The topological polar surface area (TPSA) is 56.7 Å². The maximum atomic E-state index is 6.13. The summed E-state index contributed by atoms with van der Waals surface area (Å²) in [7, 11) is 0. The molecule has 1 aromatic carbocycles. The Balaban J connectivity index is 2.43. The number of rotatable bonds is 3. The normalized spacial score (nSPS) is 12.7. The maximum absolute atomic E-state index is 6.13. The number of aryl methyl sites for hydroxylation is 1. The van der Waals surface area contributed by atoms with Gasteiger partial charge in [-0.15, -0.1) is 5.10 Å². The average Bonchev–Trinajstić information content (AvgIpc) is 2.82. The van der Waals surface area contributed by atoms with Crippen molar-refractivity contribution in [3.8, 4) is 5.69 Å². The monoisotopic (exact) mass is 328 g/mol. The first-order valence-electron chi connectivity index (χ1n) is 5.66. The molecule has 2 aromatic rings. The van der Waals surface area contributed by atoms with Crippen LogP contribution in [0.5, 0.6) is 0 Å². The highest BCUT2D eigenvalue weighted by Gasteiger charge is 2.12. The Labute approximate surface area is 119 Å². The minimum atomic E-state index is -0.0848. The molecule has 2 N–H and O–H groups in total. The largest absolute Gasteiger partial charge is 0.323 e. The fourth-order valence-corrected chi connectivity index (χ4v) is 2.38. The second kappa shape index (κ2) is 5.38. The van der Waals surface area contributed by atoms with Crippen LogP contribution in [0.25, 0.3) is 5.69 Å². The standard InChI is InChI=1S/C12H14BrClN4/c1-3-10(15)11-6-18(17-16-11)12-5-9(14)7(2)4-8(12)13/h4-6,10H,3,15H2,1-2H3. The van der Waals surface area contributed by atoms with Crippen LogP contribution in [0, 0.1) is 6.92 Å². The minimum Gasteiger partial charge on any atom is -0.323 e. The zero-order valence-corrected chi connectivity index (χ0v) is 12.5. The quantitative estimate of drug-likeness (QED) is 0.939. The van der Waals surface area contributed by atoms with Gasteiger partial charge in [0.05, 0.1) is 23.6 Å². The smallest absolute Gasteiger partial charge is 0.0998 e. The second-order valence-electron chi connectivity index (χ2n) is 4.16. The molecule has 96 valence electrons. The maximum Gasteiger partial charge on any atom is 0.0998 e. The molecule has 0 fully saturated rings. The Morgan fingerprint density at radius 1 is 1.50 bits per heavy atom. The average molecular weight is 330 g/mol. The van der Waals surface area contributed by atoms with E-state index in [-0.39, 0.29) is 6.04 Å². The number of hydrogen-bond donors (Lipinski definition) is 1. The Bertz CT molecular complexity index is 567. The van der Waals surface area contributed by atoms with Gasteiger partial charge < -0.3 is 5.73 Å². The van der Waals surface area contributed by atoms with Crippen LogP contribution in [-0.4, -0.2) is 15.0 Å². The number of aromatic nitrogens is 3. The van der Waals surface area contributed by atoms with Crippen LogP contribution >= 0.6 is 27.5 Å². The third kappa shape index (κ3) is 2.58. The molecular weight excluding hydrogens is 316 g/mol. The highest BCUT2D eigenvalue weighted by molar-refractivity contribution is 9.10. The predicted molar refractivity (Wildman–Crippen MR) is 76.0 cm³/mol. The number of halogens is 2. The van der Waals surface area contributed by atoms with Gasteiger partial charge in [0.2, 0.25) is 0 Å². The van der Waals surface area contributed by atoms with Gasteiger partial charge in [-0.2, -0.15) is 0 Å². The van der Waals surface area contributed by atoms with Crippen LogP contribution in [0.1, 0.15) is 30.6 Å². The van der Waals surface area contributed by atoms with E-state index in [9.17, 15) is 0 Å². The summed E-state index contributed by atoms with van der Waals surface area (Å²) >= 11 is 9.63. The number of benzene rings is 1. The highest BCUT2D eigenvalue weighted by Crippen LogP contribution is 2.27. The summed E-state index contributed by atoms with van der Waals surface area (Å²) in [5.41, 5.74) is 8.57. The molecule has 1 atom stereocenters. The van der Waals surface area contributed by atoms with Crippen LogP contribution in [0.4, 0.5) is 0 Å². The lowest BCUT2D eigenvalue weighted by atomic mass is 10.2. The fourth-order valence-electron chi connectivity index (χ4n) is 1.58. The first-order valence-corrected chi connectivity index (χ1v) is 6.84. The Morgan fingerprint density at radius 3 is 2.89 bits per heavy atom. The third-order valence-corrected chi connectivity index (χ3v) is 3.85. The molecule has 18 heavy (non-hydrogen) atoms. The van der Waals surface area contributed by atoms with Gasteiger partial charge in [-0.05, 0) is 47.0 Å². The fraction of sp³-hybridized carbons (Fsp3) is 0.333. The summed E-state index contributed by atoms with van der Waals surface area (Å²) in [5.74, 6) is 0. The Morgan fingerprint density at radius 2 is 2.22 bits per heavy atom. The molecule has 2 rings (SSSR count). The Kier molecular flexibility index (Phi) is 4.04. The zero-order chi connectivity index (χ0) is 13.3. The van der Waals surface area contributed by atoms with Crippen molar-refractivity contribution in [3.63, 3.8) is 0 Å². The summed E-state index contributed by atoms with van der Waals surface area (Å²) < 4.78 is 2.60. The van der Waals surface area contributed by atoms with Crippen molar-refractivity contribution in [1.82, 2.24) is 15.0 Å². The van der Waals surface area contributed by atoms with Crippen molar-refractivity contribution in [2.24, 2.45) is 5.73 Å².